The minimum atomic E-state index is -0.159. The summed E-state index contributed by atoms with van der Waals surface area (Å²) in [4.78, 5) is 23.1. The summed E-state index contributed by atoms with van der Waals surface area (Å²) >= 11 is 6.75. The van der Waals surface area contributed by atoms with Crippen molar-refractivity contribution in [2.75, 3.05) is 11.9 Å². The molecule has 1 aromatic carbocycles. The molecule has 1 aromatic rings. The number of amides is 2. The van der Waals surface area contributed by atoms with E-state index in [1.54, 1.807) is 0 Å². The van der Waals surface area contributed by atoms with Crippen LogP contribution >= 0.6 is 31.9 Å². The first-order valence-electron chi connectivity index (χ1n) is 5.59. The monoisotopic (exact) mass is 374 g/mol. The van der Waals surface area contributed by atoms with E-state index < -0.39 is 0 Å². The first-order chi connectivity index (χ1) is 8.56. The van der Waals surface area contributed by atoms with Crippen LogP contribution in [0, 0.1) is 5.92 Å². The van der Waals surface area contributed by atoms with Crippen LogP contribution in [-0.2, 0) is 9.59 Å². The van der Waals surface area contributed by atoms with Crippen LogP contribution in [0.15, 0.2) is 27.1 Å². The molecule has 1 aliphatic heterocycles. The molecule has 18 heavy (non-hydrogen) atoms. The molecule has 1 atom stereocenters. The van der Waals surface area contributed by atoms with Gasteiger partial charge in [0.2, 0.25) is 11.8 Å². The highest BCUT2D eigenvalue weighted by atomic mass is 79.9. The lowest BCUT2D eigenvalue weighted by atomic mass is 9.98. The maximum absolute atomic E-state index is 12.0. The molecule has 2 N–H and O–H groups in total. The highest BCUT2D eigenvalue weighted by molar-refractivity contribution is 9.11. The topological polar surface area (TPSA) is 58.2 Å². The first-order valence-corrected chi connectivity index (χ1v) is 7.17. The van der Waals surface area contributed by atoms with E-state index in [-0.39, 0.29) is 17.7 Å². The Labute approximate surface area is 122 Å². The lowest BCUT2D eigenvalue weighted by Crippen LogP contribution is -2.40. The molecule has 4 nitrogen and oxygen atoms in total. The molecular weight excluding hydrogens is 364 g/mol. The fourth-order valence-corrected chi connectivity index (χ4v) is 2.49. The third-order valence-electron chi connectivity index (χ3n) is 2.82. The summed E-state index contributed by atoms with van der Waals surface area (Å²) in [6, 6.07) is 5.59. The van der Waals surface area contributed by atoms with Crippen LogP contribution in [0.5, 0.6) is 0 Å². The molecule has 1 saturated heterocycles. The van der Waals surface area contributed by atoms with Crippen molar-refractivity contribution in [3.63, 3.8) is 0 Å². The molecule has 1 unspecified atom stereocenters. The van der Waals surface area contributed by atoms with Crippen molar-refractivity contribution in [3.05, 3.63) is 27.1 Å². The summed E-state index contributed by atoms with van der Waals surface area (Å²) in [5.74, 6) is -0.204. The summed E-state index contributed by atoms with van der Waals surface area (Å²) in [6.07, 6.45) is 1.01. The van der Waals surface area contributed by atoms with Gasteiger partial charge in [0.25, 0.3) is 0 Å². The van der Waals surface area contributed by atoms with E-state index in [0.717, 1.165) is 14.6 Å². The third-order valence-corrected chi connectivity index (χ3v) is 4.01. The van der Waals surface area contributed by atoms with Crippen LogP contribution in [0.25, 0.3) is 0 Å². The van der Waals surface area contributed by atoms with Crippen LogP contribution in [-0.4, -0.2) is 18.4 Å². The number of hydrogen-bond donors (Lipinski definition) is 2. The Morgan fingerprint density at radius 2 is 2.17 bits per heavy atom. The van der Waals surface area contributed by atoms with Gasteiger partial charge in [-0.3, -0.25) is 9.59 Å². The van der Waals surface area contributed by atoms with E-state index in [0.29, 0.717) is 19.4 Å². The van der Waals surface area contributed by atoms with Crippen molar-refractivity contribution >= 4 is 49.4 Å². The summed E-state index contributed by atoms with van der Waals surface area (Å²) in [7, 11) is 0. The maximum Gasteiger partial charge on any atom is 0.229 e. The number of rotatable bonds is 2. The molecule has 2 amide bonds. The molecular formula is C12H12Br2N2O2. The Kier molecular flexibility index (Phi) is 4.40. The summed E-state index contributed by atoms with van der Waals surface area (Å²) in [5, 5.41) is 5.57. The number of hydrogen-bond acceptors (Lipinski definition) is 2. The van der Waals surface area contributed by atoms with E-state index >= 15 is 0 Å². The van der Waals surface area contributed by atoms with Crippen LogP contribution in [0.2, 0.25) is 0 Å². The fraction of sp³-hybridized carbons (Fsp3) is 0.333. The molecule has 0 saturated carbocycles. The van der Waals surface area contributed by atoms with Gasteiger partial charge in [-0.1, -0.05) is 15.9 Å². The van der Waals surface area contributed by atoms with Gasteiger partial charge in [0, 0.05) is 21.9 Å². The molecule has 0 spiro atoms. The average molecular weight is 376 g/mol. The van der Waals surface area contributed by atoms with Crippen LogP contribution < -0.4 is 10.6 Å². The highest BCUT2D eigenvalue weighted by Gasteiger charge is 2.24. The number of nitrogens with one attached hydrogen (secondary N) is 2. The van der Waals surface area contributed by atoms with Gasteiger partial charge in [0.1, 0.15) is 0 Å². The van der Waals surface area contributed by atoms with E-state index in [1.165, 1.54) is 0 Å². The van der Waals surface area contributed by atoms with Gasteiger partial charge in [0.15, 0.2) is 0 Å². The van der Waals surface area contributed by atoms with Crippen molar-refractivity contribution < 1.29 is 9.59 Å². The molecule has 0 bridgehead atoms. The van der Waals surface area contributed by atoms with Crippen molar-refractivity contribution in [2.24, 2.45) is 5.92 Å². The molecule has 6 heteroatoms. The highest BCUT2D eigenvalue weighted by Crippen LogP contribution is 2.27. The van der Waals surface area contributed by atoms with Gasteiger partial charge in [-0.05, 0) is 40.5 Å². The second-order valence-corrected chi connectivity index (χ2v) is 5.92. The van der Waals surface area contributed by atoms with E-state index in [4.69, 9.17) is 0 Å². The molecule has 1 fully saturated rings. The van der Waals surface area contributed by atoms with E-state index in [1.807, 2.05) is 18.2 Å². The first kappa shape index (κ1) is 13.5. The predicted molar refractivity (Wildman–Crippen MR) is 76.2 cm³/mol. The number of halogens is 2. The van der Waals surface area contributed by atoms with Gasteiger partial charge in [-0.2, -0.15) is 0 Å². The van der Waals surface area contributed by atoms with Crippen molar-refractivity contribution in [2.45, 2.75) is 12.8 Å². The largest absolute Gasteiger partial charge is 0.355 e. The van der Waals surface area contributed by atoms with Crippen LogP contribution in [0.3, 0.4) is 0 Å². The van der Waals surface area contributed by atoms with Gasteiger partial charge in [0.05, 0.1) is 11.6 Å². The zero-order chi connectivity index (χ0) is 13.1. The Balaban J connectivity index is 2.02. The number of anilines is 1. The quantitative estimate of drug-likeness (QED) is 0.834. The van der Waals surface area contributed by atoms with E-state index in [9.17, 15) is 9.59 Å². The van der Waals surface area contributed by atoms with Crippen molar-refractivity contribution in [3.8, 4) is 0 Å². The number of piperidine rings is 1. The smallest absolute Gasteiger partial charge is 0.229 e. The van der Waals surface area contributed by atoms with Crippen LogP contribution in [0.4, 0.5) is 5.69 Å². The second-order valence-electron chi connectivity index (χ2n) is 4.15. The number of benzene rings is 1. The Hall–Kier alpha value is -0.880. The van der Waals surface area contributed by atoms with Crippen molar-refractivity contribution in [1.82, 2.24) is 5.32 Å². The summed E-state index contributed by atoms with van der Waals surface area (Å²) in [6.45, 7) is 0.413. The minimum Gasteiger partial charge on any atom is -0.355 e. The minimum absolute atomic E-state index is 0.0164. The standard InChI is InChI=1S/C12H12Br2N2O2/c13-8-2-3-9(14)10(5-8)16-12(18)7-1-4-11(17)15-6-7/h2-3,5,7H,1,4,6H2,(H,15,17)(H,16,18). The normalized spacial score (nSPS) is 19.2. The number of carbonyl (C=O) groups excluding carboxylic acids is 2. The van der Waals surface area contributed by atoms with Gasteiger partial charge < -0.3 is 10.6 Å². The summed E-state index contributed by atoms with van der Waals surface area (Å²) < 4.78 is 1.73. The molecule has 96 valence electrons. The molecule has 0 radical (unpaired) electrons. The predicted octanol–water partition coefficient (Wildman–Crippen LogP) is 2.68. The van der Waals surface area contributed by atoms with Crippen LogP contribution in [0.1, 0.15) is 12.8 Å². The molecule has 1 heterocycles. The zero-order valence-electron chi connectivity index (χ0n) is 9.50. The SMILES string of the molecule is O=C1CCC(C(=O)Nc2cc(Br)ccc2Br)CN1. The maximum atomic E-state index is 12.0. The lowest BCUT2D eigenvalue weighted by molar-refractivity contribution is -0.126. The second kappa shape index (κ2) is 5.84. The van der Waals surface area contributed by atoms with Gasteiger partial charge in [-0.15, -0.1) is 0 Å². The molecule has 2 rings (SSSR count). The summed E-state index contributed by atoms with van der Waals surface area (Å²) in [5.41, 5.74) is 0.728. The van der Waals surface area contributed by atoms with E-state index in [2.05, 4.69) is 42.5 Å². The average Bonchev–Trinajstić information content (AvgIpc) is 2.34. The van der Waals surface area contributed by atoms with Crippen molar-refractivity contribution in [1.29, 1.82) is 0 Å². The number of carbonyl (C=O) groups is 2. The Morgan fingerprint density at radius 3 is 2.83 bits per heavy atom. The molecule has 0 aliphatic carbocycles. The molecule has 0 aromatic heterocycles. The van der Waals surface area contributed by atoms with Gasteiger partial charge >= 0.3 is 0 Å². The lowest BCUT2D eigenvalue weighted by Gasteiger charge is -2.21. The Morgan fingerprint density at radius 1 is 1.39 bits per heavy atom. The molecule has 1 aliphatic rings. The fourth-order valence-electron chi connectivity index (χ4n) is 1.78. The van der Waals surface area contributed by atoms with Gasteiger partial charge in [-0.25, -0.2) is 0 Å². The zero-order valence-corrected chi connectivity index (χ0v) is 12.7. The Bertz CT molecular complexity index is 481. The third kappa shape index (κ3) is 3.32.